The smallest absolute Gasteiger partial charge is 0.266 e. The van der Waals surface area contributed by atoms with Crippen molar-refractivity contribution >= 4 is 16.0 Å². The summed E-state index contributed by atoms with van der Waals surface area (Å²) in [6.07, 6.45) is 24.5. The van der Waals surface area contributed by atoms with Crippen molar-refractivity contribution in [3.05, 3.63) is 0 Å². The molecule has 4 N–H and O–H groups in total. The van der Waals surface area contributed by atoms with E-state index in [1.54, 1.807) is 0 Å². The van der Waals surface area contributed by atoms with Gasteiger partial charge in [0.1, 0.15) is 6.10 Å². The average Bonchev–Trinajstić information content (AvgIpc) is 2.88. The summed E-state index contributed by atoms with van der Waals surface area (Å²) in [5.74, 6) is -1.45. The molecule has 0 saturated heterocycles. The summed E-state index contributed by atoms with van der Waals surface area (Å²) in [6.45, 7) is 4.40. The molecule has 0 spiro atoms. The van der Waals surface area contributed by atoms with Crippen LogP contribution >= 0.6 is 0 Å². The van der Waals surface area contributed by atoms with Crippen LogP contribution in [0.4, 0.5) is 0 Å². The van der Waals surface area contributed by atoms with Crippen molar-refractivity contribution < 1.29 is 28.0 Å². The van der Waals surface area contributed by atoms with Crippen LogP contribution in [0, 0.1) is 0 Å². The summed E-state index contributed by atoms with van der Waals surface area (Å²) in [6, 6.07) is -1.14. The van der Waals surface area contributed by atoms with Crippen LogP contribution in [0.3, 0.4) is 0 Å². The molecule has 7 nitrogen and oxygen atoms in total. The summed E-state index contributed by atoms with van der Waals surface area (Å²) in [7, 11) is -4.38. The fourth-order valence-electron chi connectivity index (χ4n) is 5.11. The van der Waals surface area contributed by atoms with Gasteiger partial charge in [-0.15, -0.1) is 0 Å². The Balaban J connectivity index is 3.96. The largest absolute Gasteiger partial charge is 0.391 e. The highest BCUT2D eigenvalue weighted by atomic mass is 32.2. The zero-order valence-corrected chi connectivity index (χ0v) is 26.2. The molecular formula is C31H63NO6S. The minimum absolute atomic E-state index is 0.302. The number of amides is 1. The first-order valence-electron chi connectivity index (χ1n) is 16.3. The molecule has 0 aliphatic rings. The van der Waals surface area contributed by atoms with Crippen LogP contribution in [-0.2, 0) is 14.9 Å². The van der Waals surface area contributed by atoms with Gasteiger partial charge in [-0.3, -0.25) is 9.35 Å². The van der Waals surface area contributed by atoms with E-state index < -0.39 is 40.0 Å². The molecule has 8 heteroatoms. The molecule has 0 aromatic rings. The molecule has 0 heterocycles. The molecule has 0 aliphatic carbocycles. The number of hydrogen-bond donors (Lipinski definition) is 4. The zero-order chi connectivity index (χ0) is 29.2. The van der Waals surface area contributed by atoms with Crippen LogP contribution in [0.25, 0.3) is 0 Å². The van der Waals surface area contributed by atoms with Gasteiger partial charge in [-0.25, -0.2) is 0 Å². The summed E-state index contributed by atoms with van der Waals surface area (Å²) >= 11 is 0. The van der Waals surface area contributed by atoms with Gasteiger partial charge in [0.25, 0.3) is 10.1 Å². The third-order valence-corrected chi connectivity index (χ3v) is 8.45. The standard InChI is InChI=1S/C31H63NO6S/c1-3-5-7-9-11-12-13-14-15-16-17-18-19-20-22-24-26-30(34)31(35)32-28(27-39(36,37)38)29(33)25-23-21-10-8-6-4-2/h28-30,33-34H,3-27H2,1-2H3,(H,32,35)(H,36,37,38). The predicted molar refractivity (Wildman–Crippen MR) is 163 cm³/mol. The fourth-order valence-corrected chi connectivity index (χ4v) is 5.87. The Morgan fingerprint density at radius 2 is 0.923 bits per heavy atom. The van der Waals surface area contributed by atoms with Crippen molar-refractivity contribution in [3.63, 3.8) is 0 Å². The Kier molecular flexibility index (Phi) is 25.7. The van der Waals surface area contributed by atoms with E-state index in [9.17, 15) is 28.0 Å². The third-order valence-electron chi connectivity index (χ3n) is 7.67. The van der Waals surface area contributed by atoms with Crippen molar-refractivity contribution in [1.29, 1.82) is 0 Å². The van der Waals surface area contributed by atoms with Crippen LogP contribution in [0.2, 0.25) is 0 Å². The number of carbonyl (C=O) groups is 1. The molecule has 0 radical (unpaired) electrons. The Hall–Kier alpha value is -0.700. The molecular weight excluding hydrogens is 514 g/mol. The zero-order valence-electron chi connectivity index (χ0n) is 25.4. The number of aliphatic hydroxyl groups excluding tert-OH is 2. The van der Waals surface area contributed by atoms with Crippen LogP contribution < -0.4 is 5.32 Å². The molecule has 0 aromatic carbocycles. The van der Waals surface area contributed by atoms with Gasteiger partial charge in [0.2, 0.25) is 5.91 Å². The molecule has 0 fully saturated rings. The molecule has 0 bridgehead atoms. The van der Waals surface area contributed by atoms with Crippen molar-refractivity contribution in [2.45, 2.75) is 186 Å². The maximum Gasteiger partial charge on any atom is 0.266 e. The van der Waals surface area contributed by atoms with Gasteiger partial charge in [0.05, 0.1) is 17.9 Å². The highest BCUT2D eigenvalue weighted by Gasteiger charge is 2.28. The van der Waals surface area contributed by atoms with Crippen molar-refractivity contribution in [2.24, 2.45) is 0 Å². The predicted octanol–water partition coefficient (Wildman–Crippen LogP) is 7.48. The van der Waals surface area contributed by atoms with E-state index in [1.807, 2.05) is 0 Å². The van der Waals surface area contributed by atoms with E-state index in [1.165, 1.54) is 89.9 Å². The Morgan fingerprint density at radius 3 is 1.28 bits per heavy atom. The third kappa shape index (κ3) is 26.0. The van der Waals surface area contributed by atoms with Gasteiger partial charge < -0.3 is 15.5 Å². The number of unbranched alkanes of at least 4 members (excludes halogenated alkanes) is 20. The second-order valence-corrected chi connectivity index (χ2v) is 13.1. The minimum atomic E-state index is -4.38. The fraction of sp³-hybridized carbons (Fsp3) is 0.968. The Bertz CT molecular complexity index is 657. The monoisotopic (exact) mass is 577 g/mol. The van der Waals surface area contributed by atoms with Gasteiger partial charge in [0, 0.05) is 0 Å². The first-order valence-corrected chi connectivity index (χ1v) is 17.9. The lowest BCUT2D eigenvalue weighted by atomic mass is 10.0. The van der Waals surface area contributed by atoms with Gasteiger partial charge in [-0.05, 0) is 12.8 Å². The number of aliphatic hydroxyl groups is 2. The molecule has 39 heavy (non-hydrogen) atoms. The summed E-state index contributed by atoms with van der Waals surface area (Å²) < 4.78 is 32.1. The van der Waals surface area contributed by atoms with Gasteiger partial charge in [-0.2, -0.15) is 8.42 Å². The average molecular weight is 578 g/mol. The second-order valence-electron chi connectivity index (χ2n) is 11.6. The number of rotatable bonds is 29. The number of carbonyl (C=O) groups excluding carboxylic acids is 1. The summed E-state index contributed by atoms with van der Waals surface area (Å²) in [4.78, 5) is 12.4. The van der Waals surface area contributed by atoms with Crippen molar-refractivity contribution in [1.82, 2.24) is 5.32 Å². The second kappa shape index (κ2) is 26.2. The van der Waals surface area contributed by atoms with Crippen LogP contribution in [-0.4, -0.2) is 53.1 Å². The molecule has 0 aliphatic heterocycles. The minimum Gasteiger partial charge on any atom is -0.391 e. The normalized spacial score (nSPS) is 14.3. The molecule has 234 valence electrons. The van der Waals surface area contributed by atoms with Crippen LogP contribution in [0.5, 0.6) is 0 Å². The first kappa shape index (κ1) is 38.3. The topological polar surface area (TPSA) is 124 Å². The summed E-state index contributed by atoms with van der Waals surface area (Å²) in [5.41, 5.74) is 0. The molecule has 0 saturated carbocycles. The highest BCUT2D eigenvalue weighted by Crippen LogP contribution is 2.15. The Morgan fingerprint density at radius 1 is 0.590 bits per heavy atom. The molecule has 0 rings (SSSR count). The Labute approximate surface area is 241 Å². The first-order chi connectivity index (χ1) is 18.7. The SMILES string of the molecule is CCCCCCCCCCCCCCCCCCC(O)C(=O)NC(CS(=O)(=O)O)C(O)CCCCCCCC. The quantitative estimate of drug-likeness (QED) is 0.0539. The number of nitrogens with one attached hydrogen (secondary N) is 1. The van der Waals surface area contributed by atoms with Crippen LogP contribution in [0.1, 0.15) is 168 Å². The van der Waals surface area contributed by atoms with Crippen LogP contribution in [0.15, 0.2) is 0 Å². The summed E-state index contributed by atoms with van der Waals surface area (Å²) in [5, 5.41) is 23.2. The van der Waals surface area contributed by atoms with E-state index in [0.29, 0.717) is 19.3 Å². The molecule has 3 unspecified atom stereocenters. The van der Waals surface area contributed by atoms with E-state index >= 15 is 0 Å². The van der Waals surface area contributed by atoms with E-state index in [4.69, 9.17) is 0 Å². The number of hydrogen-bond acceptors (Lipinski definition) is 5. The maximum atomic E-state index is 12.4. The van der Waals surface area contributed by atoms with Gasteiger partial charge in [0.15, 0.2) is 0 Å². The molecule has 3 atom stereocenters. The lowest BCUT2D eigenvalue weighted by molar-refractivity contribution is -0.131. The lowest BCUT2D eigenvalue weighted by Crippen LogP contribution is -2.50. The highest BCUT2D eigenvalue weighted by molar-refractivity contribution is 7.85. The molecule has 0 aromatic heterocycles. The van der Waals surface area contributed by atoms with E-state index in [-0.39, 0.29) is 0 Å². The van der Waals surface area contributed by atoms with Crippen molar-refractivity contribution in [2.75, 3.05) is 5.75 Å². The maximum absolute atomic E-state index is 12.4. The van der Waals surface area contributed by atoms with Gasteiger partial charge in [-0.1, -0.05) is 155 Å². The lowest BCUT2D eigenvalue weighted by Gasteiger charge is -2.24. The van der Waals surface area contributed by atoms with Gasteiger partial charge >= 0.3 is 0 Å². The van der Waals surface area contributed by atoms with E-state index in [0.717, 1.165) is 44.9 Å². The van der Waals surface area contributed by atoms with E-state index in [2.05, 4.69) is 19.2 Å². The molecule has 1 amide bonds. The van der Waals surface area contributed by atoms with Crippen molar-refractivity contribution in [3.8, 4) is 0 Å².